The van der Waals surface area contributed by atoms with Crippen molar-refractivity contribution in [3.63, 3.8) is 0 Å². The minimum Gasteiger partial charge on any atom is -0.333 e. The molecule has 1 N–H and O–H groups in total. The molecular formula is C23H26N4O2. The Hall–Kier alpha value is -3.15. The smallest absolute Gasteiger partial charge is 0.245 e. The van der Waals surface area contributed by atoms with Crippen LogP contribution in [-0.4, -0.2) is 39.2 Å². The van der Waals surface area contributed by atoms with Gasteiger partial charge in [0.05, 0.1) is 6.54 Å². The van der Waals surface area contributed by atoms with Gasteiger partial charge in [-0.3, -0.25) is 14.0 Å². The second-order valence-electron chi connectivity index (χ2n) is 7.59. The summed E-state index contributed by atoms with van der Waals surface area (Å²) in [5.74, 6) is 0.510. The predicted octanol–water partition coefficient (Wildman–Crippen LogP) is 4.04. The maximum absolute atomic E-state index is 12.9. The monoisotopic (exact) mass is 390 g/mol. The fraction of sp³-hybridized carbons (Fsp3) is 0.348. The van der Waals surface area contributed by atoms with Crippen LogP contribution in [0.3, 0.4) is 0 Å². The molecule has 1 fully saturated rings. The molecule has 1 saturated heterocycles. The number of anilines is 1. The van der Waals surface area contributed by atoms with Crippen LogP contribution in [0.4, 0.5) is 5.82 Å². The highest BCUT2D eigenvalue weighted by molar-refractivity contribution is 5.97. The maximum Gasteiger partial charge on any atom is 0.245 e. The number of aromatic nitrogens is 2. The van der Waals surface area contributed by atoms with Gasteiger partial charge in [-0.1, -0.05) is 49.2 Å². The van der Waals surface area contributed by atoms with Gasteiger partial charge in [-0.15, -0.1) is 0 Å². The van der Waals surface area contributed by atoms with E-state index in [0.29, 0.717) is 18.8 Å². The molecule has 1 aliphatic heterocycles. The summed E-state index contributed by atoms with van der Waals surface area (Å²) in [7, 11) is 0. The third kappa shape index (κ3) is 4.16. The molecular weight excluding hydrogens is 364 g/mol. The largest absolute Gasteiger partial charge is 0.333 e. The SMILES string of the molecule is Cc1cccn2c(NC(=O)CN3CCCCCCC3=O)c(-c3ccccc3)nc12. The predicted molar refractivity (Wildman–Crippen MR) is 114 cm³/mol. The van der Waals surface area contributed by atoms with Crippen LogP contribution >= 0.6 is 0 Å². The van der Waals surface area contributed by atoms with Crippen molar-refractivity contribution in [2.45, 2.75) is 39.0 Å². The Balaban J connectivity index is 1.63. The zero-order valence-corrected chi connectivity index (χ0v) is 16.7. The Bertz CT molecular complexity index is 1030. The first-order chi connectivity index (χ1) is 14.1. The van der Waals surface area contributed by atoms with Crippen molar-refractivity contribution >= 4 is 23.3 Å². The Morgan fingerprint density at radius 2 is 1.86 bits per heavy atom. The molecule has 0 unspecified atom stereocenters. The van der Waals surface area contributed by atoms with Gasteiger partial charge in [0.15, 0.2) is 0 Å². The van der Waals surface area contributed by atoms with Gasteiger partial charge in [-0.05, 0) is 31.4 Å². The number of hydrogen-bond donors (Lipinski definition) is 1. The number of carbonyl (C=O) groups is 2. The summed E-state index contributed by atoms with van der Waals surface area (Å²) >= 11 is 0. The van der Waals surface area contributed by atoms with E-state index in [0.717, 1.165) is 48.2 Å². The Morgan fingerprint density at radius 1 is 1.07 bits per heavy atom. The average molecular weight is 390 g/mol. The van der Waals surface area contributed by atoms with Gasteiger partial charge in [0.1, 0.15) is 17.2 Å². The third-order valence-corrected chi connectivity index (χ3v) is 5.41. The number of rotatable bonds is 4. The molecule has 4 rings (SSSR count). The number of imidazole rings is 1. The van der Waals surface area contributed by atoms with Crippen molar-refractivity contribution in [2.75, 3.05) is 18.4 Å². The van der Waals surface area contributed by atoms with Crippen molar-refractivity contribution in [2.24, 2.45) is 0 Å². The molecule has 0 bridgehead atoms. The van der Waals surface area contributed by atoms with Gasteiger partial charge >= 0.3 is 0 Å². The molecule has 150 valence electrons. The molecule has 3 aromatic rings. The molecule has 0 saturated carbocycles. The van der Waals surface area contributed by atoms with Crippen molar-refractivity contribution in [3.05, 3.63) is 54.2 Å². The van der Waals surface area contributed by atoms with E-state index in [9.17, 15) is 9.59 Å². The standard InChI is InChI=1S/C23H26N4O2/c1-17-10-9-15-27-22(17)25-21(18-11-5-4-6-12-18)23(27)24-19(28)16-26-14-8-3-2-7-13-20(26)29/h4-6,9-12,15H,2-3,7-8,13-14,16H2,1H3,(H,24,28). The lowest BCUT2D eigenvalue weighted by atomic mass is 10.1. The van der Waals surface area contributed by atoms with Crippen LogP contribution in [0.1, 0.15) is 37.7 Å². The van der Waals surface area contributed by atoms with Crippen molar-refractivity contribution < 1.29 is 9.59 Å². The first-order valence-electron chi connectivity index (χ1n) is 10.2. The normalized spacial score (nSPS) is 15.2. The second-order valence-corrected chi connectivity index (χ2v) is 7.59. The molecule has 0 spiro atoms. The van der Waals surface area contributed by atoms with Crippen molar-refractivity contribution in [1.29, 1.82) is 0 Å². The average Bonchev–Trinajstić information content (AvgIpc) is 3.08. The number of carbonyl (C=O) groups excluding carboxylic acids is 2. The van der Waals surface area contributed by atoms with Gasteiger partial charge in [0.25, 0.3) is 0 Å². The highest BCUT2D eigenvalue weighted by atomic mass is 16.2. The third-order valence-electron chi connectivity index (χ3n) is 5.41. The minimum atomic E-state index is -0.195. The molecule has 2 aromatic heterocycles. The van der Waals surface area contributed by atoms with Crippen LogP contribution in [0.15, 0.2) is 48.7 Å². The lowest BCUT2D eigenvalue weighted by molar-refractivity contribution is -0.135. The lowest BCUT2D eigenvalue weighted by Gasteiger charge is -2.24. The van der Waals surface area contributed by atoms with Gasteiger partial charge in [0.2, 0.25) is 11.8 Å². The number of likely N-dealkylation sites (tertiary alicyclic amines) is 1. The van der Waals surface area contributed by atoms with E-state index in [1.807, 2.05) is 60.0 Å². The number of nitrogens with zero attached hydrogens (tertiary/aromatic N) is 3. The van der Waals surface area contributed by atoms with Gasteiger partial charge in [-0.2, -0.15) is 0 Å². The van der Waals surface area contributed by atoms with Crippen LogP contribution in [0.2, 0.25) is 0 Å². The zero-order valence-electron chi connectivity index (χ0n) is 16.7. The highest BCUT2D eigenvalue weighted by Gasteiger charge is 2.21. The van der Waals surface area contributed by atoms with E-state index >= 15 is 0 Å². The summed E-state index contributed by atoms with van der Waals surface area (Å²) in [5, 5.41) is 3.03. The van der Waals surface area contributed by atoms with E-state index < -0.39 is 0 Å². The van der Waals surface area contributed by atoms with Crippen LogP contribution in [0, 0.1) is 6.92 Å². The van der Waals surface area contributed by atoms with Gasteiger partial charge in [0, 0.05) is 24.7 Å². The second kappa shape index (κ2) is 8.47. The fourth-order valence-corrected chi connectivity index (χ4v) is 3.85. The van der Waals surface area contributed by atoms with Crippen LogP contribution < -0.4 is 5.32 Å². The number of nitrogens with one attached hydrogen (secondary N) is 1. The number of benzene rings is 1. The first-order valence-corrected chi connectivity index (χ1v) is 10.2. The zero-order chi connectivity index (χ0) is 20.2. The van der Waals surface area contributed by atoms with Gasteiger partial charge in [-0.25, -0.2) is 4.98 Å². The fourth-order valence-electron chi connectivity index (χ4n) is 3.85. The number of amides is 2. The molecule has 6 heteroatoms. The summed E-state index contributed by atoms with van der Waals surface area (Å²) in [5.41, 5.74) is 3.51. The summed E-state index contributed by atoms with van der Waals surface area (Å²) in [6.45, 7) is 2.72. The van der Waals surface area contributed by atoms with Crippen molar-refractivity contribution in [1.82, 2.24) is 14.3 Å². The lowest BCUT2D eigenvalue weighted by Crippen LogP contribution is -2.39. The molecule has 0 aliphatic carbocycles. The van der Waals surface area contributed by atoms with Crippen LogP contribution in [-0.2, 0) is 9.59 Å². The summed E-state index contributed by atoms with van der Waals surface area (Å²) in [4.78, 5) is 31.7. The Kier molecular flexibility index (Phi) is 5.60. The topological polar surface area (TPSA) is 66.7 Å². The number of pyridine rings is 1. The molecule has 3 heterocycles. The quantitative estimate of drug-likeness (QED) is 0.731. The number of fused-ring (bicyclic) bond motifs is 1. The van der Waals surface area contributed by atoms with E-state index in [-0.39, 0.29) is 18.4 Å². The van der Waals surface area contributed by atoms with Crippen molar-refractivity contribution in [3.8, 4) is 11.3 Å². The molecule has 0 radical (unpaired) electrons. The molecule has 2 amide bonds. The number of aryl methyl sites for hydroxylation is 1. The van der Waals surface area contributed by atoms with E-state index in [2.05, 4.69) is 5.32 Å². The van der Waals surface area contributed by atoms with E-state index in [1.54, 1.807) is 4.90 Å². The van der Waals surface area contributed by atoms with E-state index in [1.165, 1.54) is 0 Å². The maximum atomic E-state index is 12.9. The molecule has 29 heavy (non-hydrogen) atoms. The summed E-state index contributed by atoms with van der Waals surface area (Å²) in [6.07, 6.45) is 6.48. The summed E-state index contributed by atoms with van der Waals surface area (Å²) in [6, 6.07) is 13.8. The first kappa shape index (κ1) is 19.2. The minimum absolute atomic E-state index is 0.0668. The number of hydrogen-bond acceptors (Lipinski definition) is 3. The Morgan fingerprint density at radius 3 is 2.69 bits per heavy atom. The summed E-state index contributed by atoms with van der Waals surface area (Å²) < 4.78 is 1.91. The Labute approximate surface area is 170 Å². The van der Waals surface area contributed by atoms with E-state index in [4.69, 9.17) is 4.98 Å². The molecule has 6 nitrogen and oxygen atoms in total. The molecule has 1 aromatic carbocycles. The van der Waals surface area contributed by atoms with Crippen LogP contribution in [0.25, 0.3) is 16.9 Å². The van der Waals surface area contributed by atoms with Crippen LogP contribution in [0.5, 0.6) is 0 Å². The molecule has 0 atom stereocenters. The van der Waals surface area contributed by atoms with Gasteiger partial charge < -0.3 is 10.2 Å². The highest BCUT2D eigenvalue weighted by Crippen LogP contribution is 2.29. The molecule has 1 aliphatic rings.